The molecule has 1 heterocycles. The van der Waals surface area contributed by atoms with Gasteiger partial charge in [0.2, 0.25) is 0 Å². The predicted octanol–water partition coefficient (Wildman–Crippen LogP) is 1.82. The molecule has 0 amide bonds. The van der Waals surface area contributed by atoms with Crippen molar-refractivity contribution in [2.45, 2.75) is 25.2 Å². The summed E-state index contributed by atoms with van der Waals surface area (Å²) >= 11 is 0. The Kier molecular flexibility index (Phi) is 5.45. The van der Waals surface area contributed by atoms with E-state index in [4.69, 9.17) is 9.47 Å². The van der Waals surface area contributed by atoms with E-state index in [2.05, 4.69) is 6.07 Å². The first kappa shape index (κ1) is 17.1. The Morgan fingerprint density at radius 2 is 2.13 bits per heavy atom. The van der Waals surface area contributed by atoms with Crippen molar-refractivity contribution in [3.63, 3.8) is 0 Å². The summed E-state index contributed by atoms with van der Waals surface area (Å²) in [5, 5.41) is 19.6. The molecular formula is C17H22N2O4. The lowest BCUT2D eigenvalue weighted by Crippen LogP contribution is -2.44. The smallest absolute Gasteiger partial charge is 0.320 e. The van der Waals surface area contributed by atoms with Crippen LogP contribution in [0.5, 0.6) is 11.5 Å². The van der Waals surface area contributed by atoms with Gasteiger partial charge in [0, 0.05) is 13.1 Å². The summed E-state index contributed by atoms with van der Waals surface area (Å²) in [6, 6.07) is 7.50. The molecule has 1 aromatic carbocycles. The molecule has 0 aliphatic carbocycles. The number of hydrogen-bond donors (Lipinski definition) is 1. The molecule has 1 saturated heterocycles. The van der Waals surface area contributed by atoms with Crippen LogP contribution in [0.25, 0.3) is 0 Å². The summed E-state index contributed by atoms with van der Waals surface area (Å²) in [5.41, 5.74) is 0.142. The van der Waals surface area contributed by atoms with Crippen molar-refractivity contribution in [1.82, 2.24) is 4.90 Å². The fourth-order valence-corrected chi connectivity index (χ4v) is 2.93. The number of methoxy groups -OCH3 is 1. The summed E-state index contributed by atoms with van der Waals surface area (Å²) in [6.45, 7) is 3.69. The second kappa shape index (κ2) is 7.34. The van der Waals surface area contributed by atoms with Crippen molar-refractivity contribution >= 4 is 5.97 Å². The highest BCUT2D eigenvalue weighted by atomic mass is 16.5. The van der Waals surface area contributed by atoms with Gasteiger partial charge in [-0.3, -0.25) is 9.69 Å². The number of piperidine rings is 1. The third-order valence-electron chi connectivity index (χ3n) is 4.31. The number of phenols is 1. The quantitative estimate of drug-likeness (QED) is 0.834. The first-order chi connectivity index (χ1) is 11.0. The second-order valence-corrected chi connectivity index (χ2v) is 5.66. The van der Waals surface area contributed by atoms with E-state index in [0.717, 1.165) is 5.56 Å². The third kappa shape index (κ3) is 3.74. The number of nitrogens with zero attached hydrogens (tertiary/aromatic N) is 2. The molecule has 23 heavy (non-hydrogen) atoms. The molecular weight excluding hydrogens is 296 g/mol. The van der Waals surface area contributed by atoms with Gasteiger partial charge in [0.25, 0.3) is 0 Å². The lowest BCUT2D eigenvalue weighted by molar-refractivity contribution is -0.144. The summed E-state index contributed by atoms with van der Waals surface area (Å²) < 4.78 is 10.0. The van der Waals surface area contributed by atoms with Crippen LogP contribution in [0, 0.1) is 11.3 Å². The Hall–Kier alpha value is -2.26. The third-order valence-corrected chi connectivity index (χ3v) is 4.31. The van der Waals surface area contributed by atoms with Crippen molar-refractivity contribution in [1.29, 1.82) is 5.26 Å². The fraction of sp³-hybridized carbons (Fsp3) is 0.529. The average molecular weight is 318 g/mol. The van der Waals surface area contributed by atoms with Gasteiger partial charge in [0.05, 0.1) is 31.7 Å². The van der Waals surface area contributed by atoms with E-state index in [1.165, 1.54) is 7.11 Å². The van der Waals surface area contributed by atoms with Gasteiger partial charge in [0.1, 0.15) is 0 Å². The van der Waals surface area contributed by atoms with Crippen LogP contribution < -0.4 is 4.74 Å². The number of rotatable bonds is 5. The van der Waals surface area contributed by atoms with E-state index in [0.29, 0.717) is 38.3 Å². The molecule has 1 aliphatic heterocycles. The van der Waals surface area contributed by atoms with Crippen LogP contribution in [0.3, 0.4) is 0 Å². The number of carbonyl (C=O) groups is 1. The average Bonchev–Trinajstić information content (AvgIpc) is 2.56. The lowest BCUT2D eigenvalue weighted by atomic mass is 9.74. The minimum Gasteiger partial charge on any atom is -0.504 e. The zero-order valence-corrected chi connectivity index (χ0v) is 13.5. The van der Waals surface area contributed by atoms with Crippen molar-refractivity contribution < 1.29 is 19.4 Å². The van der Waals surface area contributed by atoms with Crippen LogP contribution in [0.4, 0.5) is 0 Å². The van der Waals surface area contributed by atoms with Crippen molar-refractivity contribution in [3.8, 4) is 17.6 Å². The van der Waals surface area contributed by atoms with Crippen LogP contribution in [0.2, 0.25) is 0 Å². The van der Waals surface area contributed by atoms with E-state index >= 15 is 0 Å². The van der Waals surface area contributed by atoms with E-state index in [-0.39, 0.29) is 18.3 Å². The maximum atomic E-state index is 11.6. The molecule has 0 radical (unpaired) electrons. The number of phenolic OH excluding ortho intramolecular Hbond substituents is 1. The predicted molar refractivity (Wildman–Crippen MR) is 84.3 cm³/mol. The minimum absolute atomic E-state index is 0.0357. The summed E-state index contributed by atoms with van der Waals surface area (Å²) in [5.74, 6) is 0.189. The first-order valence-corrected chi connectivity index (χ1v) is 7.71. The number of likely N-dealkylation sites (tertiary alicyclic amines) is 1. The Morgan fingerprint density at radius 1 is 1.43 bits per heavy atom. The number of nitriles is 1. The minimum atomic E-state index is -0.644. The molecule has 1 N–H and O–H groups in total. The Morgan fingerprint density at radius 3 is 2.65 bits per heavy atom. The number of benzene rings is 1. The molecule has 6 heteroatoms. The highest BCUT2D eigenvalue weighted by Gasteiger charge is 2.37. The lowest BCUT2D eigenvalue weighted by Gasteiger charge is -2.37. The highest BCUT2D eigenvalue weighted by molar-refractivity contribution is 5.71. The maximum Gasteiger partial charge on any atom is 0.320 e. The molecule has 1 aromatic rings. The SMILES string of the molecule is CCOC(=O)CN1CCC(C#N)(c2ccc(OC)c(O)c2)CC1. The van der Waals surface area contributed by atoms with Crippen molar-refractivity contribution in [3.05, 3.63) is 23.8 Å². The number of carbonyl (C=O) groups excluding carboxylic acids is 1. The fourth-order valence-electron chi connectivity index (χ4n) is 2.93. The monoisotopic (exact) mass is 318 g/mol. The van der Waals surface area contributed by atoms with Gasteiger partial charge >= 0.3 is 5.97 Å². The summed E-state index contributed by atoms with van der Waals surface area (Å²) in [7, 11) is 1.49. The largest absolute Gasteiger partial charge is 0.504 e. The highest BCUT2D eigenvalue weighted by Crippen LogP contribution is 2.38. The van der Waals surface area contributed by atoms with E-state index in [1.807, 2.05) is 11.0 Å². The van der Waals surface area contributed by atoms with E-state index in [9.17, 15) is 15.2 Å². The Balaban J connectivity index is 2.08. The van der Waals surface area contributed by atoms with E-state index < -0.39 is 5.41 Å². The van der Waals surface area contributed by atoms with Crippen LogP contribution in [0.15, 0.2) is 18.2 Å². The molecule has 0 bridgehead atoms. The number of esters is 1. The number of hydrogen-bond acceptors (Lipinski definition) is 6. The normalized spacial score (nSPS) is 17.3. The zero-order chi connectivity index (χ0) is 16.9. The van der Waals surface area contributed by atoms with Crippen LogP contribution >= 0.6 is 0 Å². The molecule has 0 spiro atoms. The molecule has 1 fully saturated rings. The molecule has 124 valence electrons. The summed E-state index contributed by atoms with van der Waals surface area (Å²) in [4.78, 5) is 13.5. The number of aromatic hydroxyl groups is 1. The molecule has 6 nitrogen and oxygen atoms in total. The number of ether oxygens (including phenoxy) is 2. The topological polar surface area (TPSA) is 82.8 Å². The van der Waals surface area contributed by atoms with Gasteiger partial charge in [0.15, 0.2) is 11.5 Å². The van der Waals surface area contributed by atoms with Crippen LogP contribution in [-0.4, -0.2) is 49.3 Å². The van der Waals surface area contributed by atoms with Gasteiger partial charge in [-0.2, -0.15) is 5.26 Å². The second-order valence-electron chi connectivity index (χ2n) is 5.66. The van der Waals surface area contributed by atoms with Crippen LogP contribution in [0.1, 0.15) is 25.3 Å². The Labute approximate surface area is 136 Å². The van der Waals surface area contributed by atoms with Crippen molar-refractivity contribution in [2.24, 2.45) is 0 Å². The molecule has 0 atom stereocenters. The standard InChI is InChI=1S/C17H22N2O4/c1-3-23-16(21)11-19-8-6-17(12-18,7-9-19)13-4-5-15(22-2)14(20)10-13/h4-5,10,20H,3,6-9,11H2,1-2H3. The van der Waals surface area contributed by atoms with E-state index in [1.54, 1.807) is 19.1 Å². The van der Waals surface area contributed by atoms with Gasteiger partial charge in [-0.1, -0.05) is 6.07 Å². The van der Waals surface area contributed by atoms with Gasteiger partial charge in [-0.15, -0.1) is 0 Å². The molecule has 0 unspecified atom stereocenters. The first-order valence-electron chi connectivity index (χ1n) is 7.71. The Bertz CT molecular complexity index is 601. The molecule has 0 saturated carbocycles. The molecule has 2 rings (SSSR count). The summed E-state index contributed by atoms with van der Waals surface area (Å²) in [6.07, 6.45) is 1.21. The molecule has 1 aliphatic rings. The maximum absolute atomic E-state index is 11.6. The van der Waals surface area contributed by atoms with Gasteiger partial charge < -0.3 is 14.6 Å². The zero-order valence-electron chi connectivity index (χ0n) is 13.5. The molecule has 0 aromatic heterocycles. The van der Waals surface area contributed by atoms with Gasteiger partial charge in [-0.25, -0.2) is 0 Å². The van der Waals surface area contributed by atoms with Crippen LogP contribution in [-0.2, 0) is 14.9 Å². The van der Waals surface area contributed by atoms with Gasteiger partial charge in [-0.05, 0) is 37.5 Å². The van der Waals surface area contributed by atoms with Crippen molar-refractivity contribution in [2.75, 3.05) is 33.4 Å².